The molecule has 0 amide bonds. The summed E-state index contributed by atoms with van der Waals surface area (Å²) in [6.07, 6.45) is -2.31. The van der Waals surface area contributed by atoms with Crippen molar-refractivity contribution in [3.63, 3.8) is 0 Å². The SMILES string of the molecule is CCOC(=O)C(CC(=O)C1CC1)C(=O)C(F)F. The van der Waals surface area contributed by atoms with Gasteiger partial charge in [0.2, 0.25) is 5.78 Å². The molecule has 0 saturated heterocycles. The molecule has 1 saturated carbocycles. The number of ether oxygens (including phenoxy) is 1. The number of esters is 1. The molecule has 1 aliphatic rings. The number of halogens is 2. The maximum Gasteiger partial charge on any atom is 0.317 e. The van der Waals surface area contributed by atoms with Crippen molar-refractivity contribution in [3.8, 4) is 0 Å². The zero-order valence-corrected chi connectivity index (χ0v) is 9.45. The van der Waals surface area contributed by atoms with Gasteiger partial charge in [-0.25, -0.2) is 8.78 Å². The standard InChI is InChI=1S/C11H14F2O4/c1-2-17-11(16)7(9(15)10(12)13)5-8(14)6-3-4-6/h6-7,10H,2-5H2,1H3. The number of ketones is 2. The molecule has 4 nitrogen and oxygen atoms in total. The van der Waals surface area contributed by atoms with E-state index in [0.29, 0.717) is 12.8 Å². The van der Waals surface area contributed by atoms with Gasteiger partial charge in [-0.15, -0.1) is 0 Å². The van der Waals surface area contributed by atoms with E-state index in [1.807, 2.05) is 0 Å². The minimum Gasteiger partial charge on any atom is -0.465 e. The highest BCUT2D eigenvalue weighted by Gasteiger charge is 2.39. The zero-order valence-electron chi connectivity index (χ0n) is 9.45. The fourth-order valence-electron chi connectivity index (χ4n) is 1.47. The summed E-state index contributed by atoms with van der Waals surface area (Å²) in [6.45, 7) is 1.49. The first-order valence-electron chi connectivity index (χ1n) is 5.48. The van der Waals surface area contributed by atoms with E-state index in [1.54, 1.807) is 0 Å². The zero-order chi connectivity index (χ0) is 13.0. The van der Waals surface area contributed by atoms with Crippen LogP contribution in [0.3, 0.4) is 0 Å². The van der Waals surface area contributed by atoms with Crippen LogP contribution >= 0.6 is 0 Å². The Kier molecular flexibility index (Phi) is 4.72. The molecule has 1 atom stereocenters. The van der Waals surface area contributed by atoms with Gasteiger partial charge in [-0.05, 0) is 19.8 Å². The first-order valence-corrected chi connectivity index (χ1v) is 5.48. The molecule has 0 aromatic heterocycles. The van der Waals surface area contributed by atoms with E-state index < -0.39 is 30.5 Å². The molecule has 6 heteroatoms. The van der Waals surface area contributed by atoms with Crippen LogP contribution in [0.15, 0.2) is 0 Å². The van der Waals surface area contributed by atoms with Crippen LogP contribution in [0.5, 0.6) is 0 Å². The highest BCUT2D eigenvalue weighted by molar-refractivity contribution is 6.04. The minimum absolute atomic E-state index is 0.0104. The summed E-state index contributed by atoms with van der Waals surface area (Å²) in [5.41, 5.74) is 0. The monoisotopic (exact) mass is 248 g/mol. The van der Waals surface area contributed by atoms with Gasteiger partial charge >= 0.3 is 5.97 Å². The topological polar surface area (TPSA) is 60.4 Å². The fraction of sp³-hybridized carbons (Fsp3) is 0.727. The Balaban J connectivity index is 2.66. The number of carbonyl (C=O) groups is 3. The van der Waals surface area contributed by atoms with Crippen molar-refractivity contribution in [2.45, 2.75) is 32.6 Å². The van der Waals surface area contributed by atoms with Crippen molar-refractivity contribution in [3.05, 3.63) is 0 Å². The Morgan fingerprint density at radius 1 is 1.29 bits per heavy atom. The average molecular weight is 248 g/mol. The second-order valence-electron chi connectivity index (χ2n) is 3.95. The number of hydrogen-bond donors (Lipinski definition) is 0. The van der Waals surface area contributed by atoms with Gasteiger partial charge in [0.05, 0.1) is 6.61 Å². The summed E-state index contributed by atoms with van der Waals surface area (Å²) in [4.78, 5) is 33.9. The second kappa shape index (κ2) is 5.84. The smallest absolute Gasteiger partial charge is 0.317 e. The summed E-state index contributed by atoms with van der Waals surface area (Å²) < 4.78 is 29.1. The van der Waals surface area contributed by atoms with E-state index in [-0.39, 0.29) is 18.3 Å². The van der Waals surface area contributed by atoms with Crippen LogP contribution in [0.2, 0.25) is 0 Å². The van der Waals surface area contributed by atoms with E-state index in [0.717, 1.165) is 0 Å². The quantitative estimate of drug-likeness (QED) is 0.504. The first-order chi connectivity index (χ1) is 7.97. The van der Waals surface area contributed by atoms with Gasteiger partial charge in [0.25, 0.3) is 6.43 Å². The van der Waals surface area contributed by atoms with Crippen LogP contribution in [0, 0.1) is 11.8 Å². The van der Waals surface area contributed by atoms with Gasteiger partial charge in [-0.3, -0.25) is 14.4 Å². The van der Waals surface area contributed by atoms with Gasteiger partial charge in [-0.2, -0.15) is 0 Å². The van der Waals surface area contributed by atoms with E-state index in [9.17, 15) is 23.2 Å². The number of carbonyl (C=O) groups excluding carboxylic acids is 3. The van der Waals surface area contributed by atoms with Crippen molar-refractivity contribution in [2.24, 2.45) is 11.8 Å². The van der Waals surface area contributed by atoms with E-state index in [2.05, 4.69) is 4.74 Å². The van der Waals surface area contributed by atoms with Gasteiger partial charge in [0.1, 0.15) is 11.7 Å². The predicted molar refractivity (Wildman–Crippen MR) is 53.5 cm³/mol. The van der Waals surface area contributed by atoms with Crippen molar-refractivity contribution < 1.29 is 27.9 Å². The van der Waals surface area contributed by atoms with E-state index in [1.165, 1.54) is 6.92 Å². The number of rotatable bonds is 7. The van der Waals surface area contributed by atoms with Crippen LogP contribution in [0.4, 0.5) is 8.78 Å². The molecule has 96 valence electrons. The molecule has 0 aromatic carbocycles. The molecule has 0 spiro atoms. The molecule has 0 N–H and O–H groups in total. The lowest BCUT2D eigenvalue weighted by Crippen LogP contribution is -2.33. The van der Waals surface area contributed by atoms with Gasteiger partial charge in [-0.1, -0.05) is 0 Å². The minimum atomic E-state index is -3.25. The molecule has 0 radical (unpaired) electrons. The summed E-state index contributed by atoms with van der Waals surface area (Å²) in [5, 5.41) is 0. The molecular weight excluding hydrogens is 234 g/mol. The van der Waals surface area contributed by atoms with Gasteiger partial charge in [0, 0.05) is 12.3 Å². The lowest BCUT2D eigenvalue weighted by molar-refractivity contribution is -0.156. The van der Waals surface area contributed by atoms with E-state index >= 15 is 0 Å². The Labute approximate surface area is 97.3 Å². The third-order valence-corrected chi connectivity index (χ3v) is 2.57. The highest BCUT2D eigenvalue weighted by atomic mass is 19.3. The summed E-state index contributed by atoms with van der Waals surface area (Å²) in [6, 6.07) is 0. The van der Waals surface area contributed by atoms with Gasteiger partial charge in [0.15, 0.2) is 0 Å². The maximum absolute atomic E-state index is 12.3. The Morgan fingerprint density at radius 3 is 2.29 bits per heavy atom. The third kappa shape index (κ3) is 3.87. The Hall–Kier alpha value is -1.33. The lowest BCUT2D eigenvalue weighted by atomic mass is 9.96. The molecule has 1 rings (SSSR count). The summed E-state index contributed by atoms with van der Waals surface area (Å²) in [7, 11) is 0. The molecular formula is C11H14F2O4. The van der Waals surface area contributed by atoms with Crippen LogP contribution in [0.25, 0.3) is 0 Å². The van der Waals surface area contributed by atoms with Crippen LogP contribution in [-0.4, -0.2) is 30.6 Å². The largest absolute Gasteiger partial charge is 0.465 e. The maximum atomic E-state index is 12.3. The molecule has 1 aliphatic carbocycles. The molecule has 0 aromatic rings. The molecule has 0 heterocycles. The van der Waals surface area contributed by atoms with Crippen molar-refractivity contribution >= 4 is 17.5 Å². The Bertz CT molecular complexity index is 323. The second-order valence-corrected chi connectivity index (χ2v) is 3.95. The Morgan fingerprint density at radius 2 is 1.88 bits per heavy atom. The highest BCUT2D eigenvalue weighted by Crippen LogP contribution is 2.32. The molecule has 1 fully saturated rings. The number of hydrogen-bond acceptors (Lipinski definition) is 4. The summed E-state index contributed by atoms with van der Waals surface area (Å²) in [5.74, 6) is -4.69. The van der Waals surface area contributed by atoms with Crippen LogP contribution in [-0.2, 0) is 19.1 Å². The summed E-state index contributed by atoms with van der Waals surface area (Å²) >= 11 is 0. The van der Waals surface area contributed by atoms with Crippen molar-refractivity contribution in [1.82, 2.24) is 0 Å². The average Bonchev–Trinajstić information content (AvgIpc) is 3.08. The molecule has 0 bridgehead atoms. The fourth-order valence-corrected chi connectivity index (χ4v) is 1.47. The number of Topliss-reactive ketones (excluding diaryl/α,β-unsaturated/α-hetero) is 2. The van der Waals surface area contributed by atoms with E-state index in [4.69, 9.17) is 0 Å². The van der Waals surface area contributed by atoms with Crippen LogP contribution in [0.1, 0.15) is 26.2 Å². The third-order valence-electron chi connectivity index (χ3n) is 2.57. The normalized spacial score (nSPS) is 16.7. The molecule has 17 heavy (non-hydrogen) atoms. The molecule has 1 unspecified atom stereocenters. The predicted octanol–water partition coefficient (Wildman–Crippen LogP) is 1.37. The first kappa shape index (κ1) is 13.7. The van der Waals surface area contributed by atoms with Gasteiger partial charge < -0.3 is 4.74 Å². The molecule has 0 aliphatic heterocycles. The van der Waals surface area contributed by atoms with Crippen molar-refractivity contribution in [1.29, 1.82) is 0 Å². The van der Waals surface area contributed by atoms with Crippen LogP contribution < -0.4 is 0 Å². The number of alkyl halides is 2. The van der Waals surface area contributed by atoms with Crippen molar-refractivity contribution in [2.75, 3.05) is 6.61 Å². The lowest BCUT2D eigenvalue weighted by Gasteiger charge is -2.13.